The first-order valence-corrected chi connectivity index (χ1v) is 5.56. The van der Waals surface area contributed by atoms with Crippen LogP contribution in [0.4, 0.5) is 5.69 Å². The highest BCUT2D eigenvalue weighted by Crippen LogP contribution is 2.11. The Morgan fingerprint density at radius 2 is 2.33 bits per heavy atom. The van der Waals surface area contributed by atoms with E-state index in [0.717, 1.165) is 0 Å². The van der Waals surface area contributed by atoms with E-state index in [0.29, 0.717) is 5.69 Å². The zero-order valence-corrected chi connectivity index (χ0v) is 8.69. The molecule has 0 radical (unpaired) electrons. The van der Waals surface area contributed by atoms with Crippen LogP contribution >= 0.6 is 0 Å². The molecule has 0 saturated heterocycles. The van der Waals surface area contributed by atoms with Crippen LogP contribution in [0.25, 0.3) is 0 Å². The topological polar surface area (TPSA) is 92.7 Å². The minimum Gasteiger partial charge on any atom is -0.339 e. The Bertz CT molecular complexity index is 542. The average Bonchev–Trinajstić information content (AvgIpc) is 2.75. The normalized spacial score (nSPS) is 11.5. The summed E-state index contributed by atoms with van der Waals surface area (Å²) in [4.78, 5) is 3.75. The molecule has 0 aromatic carbocycles. The molecule has 15 heavy (non-hydrogen) atoms. The van der Waals surface area contributed by atoms with Crippen molar-refractivity contribution in [3.8, 4) is 0 Å². The van der Waals surface area contributed by atoms with Gasteiger partial charge in [-0.2, -0.15) is 13.5 Å². The summed E-state index contributed by atoms with van der Waals surface area (Å²) in [6.07, 6.45) is 5.66. The smallest absolute Gasteiger partial charge is 0.281 e. The molecule has 0 fully saturated rings. The number of aryl methyl sites for hydroxylation is 1. The summed E-state index contributed by atoms with van der Waals surface area (Å²) in [5, 5.41) is 6.11. The number of anilines is 1. The van der Waals surface area contributed by atoms with E-state index in [2.05, 4.69) is 19.9 Å². The number of sulfonamides is 1. The van der Waals surface area contributed by atoms with E-state index >= 15 is 0 Å². The first kappa shape index (κ1) is 9.71. The van der Waals surface area contributed by atoms with Crippen LogP contribution in [-0.4, -0.2) is 28.2 Å². The van der Waals surface area contributed by atoms with E-state index in [1.165, 1.54) is 24.9 Å². The average molecular weight is 227 g/mol. The maximum atomic E-state index is 11.7. The van der Waals surface area contributed by atoms with Gasteiger partial charge in [-0.15, -0.1) is 0 Å². The molecule has 0 atom stereocenters. The van der Waals surface area contributed by atoms with Gasteiger partial charge in [0, 0.05) is 19.4 Å². The Morgan fingerprint density at radius 3 is 2.87 bits per heavy atom. The van der Waals surface area contributed by atoms with Crippen LogP contribution in [-0.2, 0) is 17.1 Å². The van der Waals surface area contributed by atoms with Gasteiger partial charge in [0.2, 0.25) is 0 Å². The fourth-order valence-electron chi connectivity index (χ4n) is 1.04. The number of aromatic nitrogens is 4. The number of nitrogens with zero attached hydrogens (tertiary/aromatic N) is 3. The van der Waals surface area contributed by atoms with Gasteiger partial charge in [0.25, 0.3) is 10.0 Å². The van der Waals surface area contributed by atoms with Gasteiger partial charge in [-0.25, -0.2) is 4.98 Å². The van der Waals surface area contributed by atoms with Crippen molar-refractivity contribution in [3.05, 3.63) is 24.9 Å². The summed E-state index contributed by atoms with van der Waals surface area (Å²) < 4.78 is 27.3. The highest BCUT2D eigenvalue weighted by Gasteiger charge is 2.17. The molecular weight excluding hydrogens is 218 g/mol. The molecule has 0 saturated carbocycles. The predicted octanol–water partition coefficient (Wildman–Crippen LogP) is -0.0560. The highest BCUT2D eigenvalue weighted by atomic mass is 32.2. The third-order valence-corrected chi connectivity index (χ3v) is 2.97. The molecule has 0 amide bonds. The van der Waals surface area contributed by atoms with Crippen LogP contribution < -0.4 is 4.72 Å². The van der Waals surface area contributed by atoms with Crippen LogP contribution in [0.1, 0.15) is 0 Å². The molecule has 2 aromatic heterocycles. The third-order valence-electron chi connectivity index (χ3n) is 1.71. The van der Waals surface area contributed by atoms with Crippen molar-refractivity contribution in [2.45, 2.75) is 5.03 Å². The number of nitrogens with one attached hydrogen (secondary N) is 2. The molecule has 7 nitrogen and oxygen atoms in total. The van der Waals surface area contributed by atoms with E-state index in [9.17, 15) is 8.42 Å². The molecule has 0 bridgehead atoms. The minimum atomic E-state index is -3.60. The fraction of sp³-hybridized carbons (Fsp3) is 0.143. The number of H-pyrrole nitrogens is 1. The largest absolute Gasteiger partial charge is 0.339 e. The van der Waals surface area contributed by atoms with Crippen molar-refractivity contribution >= 4 is 15.7 Å². The second-order valence-electron chi connectivity index (χ2n) is 2.97. The zero-order valence-electron chi connectivity index (χ0n) is 7.88. The van der Waals surface area contributed by atoms with Crippen LogP contribution in [0.15, 0.2) is 29.9 Å². The molecule has 80 valence electrons. The van der Waals surface area contributed by atoms with Crippen molar-refractivity contribution in [1.29, 1.82) is 0 Å². The van der Waals surface area contributed by atoms with Crippen molar-refractivity contribution < 1.29 is 8.42 Å². The Labute approximate surface area is 86.2 Å². The first-order chi connectivity index (χ1) is 7.08. The maximum Gasteiger partial charge on any atom is 0.281 e. The lowest BCUT2D eigenvalue weighted by Gasteiger charge is -2.01. The molecule has 8 heteroatoms. The lowest BCUT2D eigenvalue weighted by molar-refractivity contribution is 0.598. The van der Waals surface area contributed by atoms with Gasteiger partial charge in [-0.3, -0.25) is 9.82 Å². The van der Waals surface area contributed by atoms with Crippen LogP contribution in [0.2, 0.25) is 0 Å². The van der Waals surface area contributed by atoms with E-state index in [4.69, 9.17) is 0 Å². The highest BCUT2D eigenvalue weighted by molar-refractivity contribution is 7.92. The quantitative estimate of drug-likeness (QED) is 0.768. The van der Waals surface area contributed by atoms with Crippen LogP contribution in [0, 0.1) is 0 Å². The molecule has 0 aliphatic heterocycles. The molecule has 0 aliphatic rings. The molecule has 0 unspecified atom stereocenters. The van der Waals surface area contributed by atoms with Gasteiger partial charge in [0.1, 0.15) is 0 Å². The Hall–Kier alpha value is -1.83. The van der Waals surface area contributed by atoms with E-state index in [-0.39, 0.29) is 5.03 Å². The van der Waals surface area contributed by atoms with Gasteiger partial charge in [0.15, 0.2) is 5.03 Å². The second-order valence-corrected chi connectivity index (χ2v) is 4.60. The third kappa shape index (κ3) is 1.99. The summed E-state index contributed by atoms with van der Waals surface area (Å²) >= 11 is 0. The van der Waals surface area contributed by atoms with Crippen molar-refractivity contribution in [1.82, 2.24) is 19.7 Å². The zero-order chi connectivity index (χ0) is 10.9. The summed E-state index contributed by atoms with van der Waals surface area (Å²) in [6.45, 7) is 0. The van der Waals surface area contributed by atoms with Crippen LogP contribution in [0.5, 0.6) is 0 Å². The molecule has 0 spiro atoms. The van der Waals surface area contributed by atoms with Crippen molar-refractivity contribution in [3.63, 3.8) is 0 Å². The Kier molecular flexibility index (Phi) is 2.19. The predicted molar refractivity (Wildman–Crippen MR) is 52.6 cm³/mol. The van der Waals surface area contributed by atoms with Crippen molar-refractivity contribution in [2.75, 3.05) is 4.72 Å². The van der Waals surface area contributed by atoms with E-state index in [1.807, 2.05) is 0 Å². The minimum absolute atomic E-state index is 0.0220. The fourth-order valence-corrected chi connectivity index (χ4v) is 2.06. The maximum absolute atomic E-state index is 11.7. The molecule has 2 rings (SSSR count). The standard InChI is InChI=1S/C7H9N5O2S/c1-12-4-7(8-5-12)15(13,14)11-6-2-9-10-3-6/h2-5,11H,1H3,(H,9,10). The van der Waals surface area contributed by atoms with Gasteiger partial charge in [-0.05, 0) is 0 Å². The molecule has 2 aromatic rings. The van der Waals surface area contributed by atoms with E-state index < -0.39 is 10.0 Å². The van der Waals surface area contributed by atoms with Gasteiger partial charge < -0.3 is 4.57 Å². The molecule has 2 N–H and O–H groups in total. The molecule has 2 heterocycles. The number of hydrogen-bond acceptors (Lipinski definition) is 4. The lowest BCUT2D eigenvalue weighted by atomic mass is 10.6. The summed E-state index contributed by atoms with van der Waals surface area (Å²) in [7, 11) is -1.91. The number of hydrogen-bond donors (Lipinski definition) is 2. The van der Waals surface area contributed by atoms with Crippen LogP contribution in [0.3, 0.4) is 0 Å². The summed E-state index contributed by atoms with van der Waals surface area (Å²) in [5.41, 5.74) is 0.376. The van der Waals surface area contributed by atoms with Gasteiger partial charge in [0.05, 0.1) is 18.2 Å². The van der Waals surface area contributed by atoms with Gasteiger partial charge >= 0.3 is 0 Å². The Morgan fingerprint density at radius 1 is 1.53 bits per heavy atom. The number of rotatable bonds is 3. The molecule has 0 aliphatic carbocycles. The summed E-state index contributed by atoms with van der Waals surface area (Å²) in [5.74, 6) is 0. The SMILES string of the molecule is Cn1cnc(S(=O)(=O)Nc2cn[nH]c2)c1. The lowest BCUT2D eigenvalue weighted by Crippen LogP contribution is -2.12. The monoisotopic (exact) mass is 227 g/mol. The second kappa shape index (κ2) is 3.39. The molecular formula is C7H9N5O2S. The summed E-state index contributed by atoms with van der Waals surface area (Å²) in [6, 6.07) is 0. The van der Waals surface area contributed by atoms with Gasteiger partial charge in [-0.1, -0.05) is 0 Å². The van der Waals surface area contributed by atoms with Crippen molar-refractivity contribution in [2.24, 2.45) is 7.05 Å². The van der Waals surface area contributed by atoms with E-state index in [1.54, 1.807) is 11.6 Å². The number of imidazole rings is 1. The number of aromatic amines is 1. The first-order valence-electron chi connectivity index (χ1n) is 4.07. The Balaban J connectivity index is 2.28.